The van der Waals surface area contributed by atoms with Gasteiger partial charge in [-0.1, -0.05) is 12.7 Å². The SMILES string of the molecule is C=CCOC(=O)N(C)O. The molecule has 0 saturated heterocycles. The van der Waals surface area contributed by atoms with Gasteiger partial charge in [0.15, 0.2) is 0 Å². The molecule has 0 atom stereocenters. The lowest BCUT2D eigenvalue weighted by Crippen LogP contribution is -2.23. The molecule has 0 aromatic carbocycles. The number of ether oxygens (including phenoxy) is 1. The first-order valence-corrected chi connectivity index (χ1v) is 2.38. The molecule has 0 aromatic rings. The molecule has 0 aliphatic heterocycles. The molecule has 1 N–H and O–H groups in total. The lowest BCUT2D eigenvalue weighted by atomic mass is 10.7. The van der Waals surface area contributed by atoms with Crippen molar-refractivity contribution < 1.29 is 14.7 Å². The zero-order valence-electron chi connectivity index (χ0n) is 5.20. The Kier molecular flexibility index (Phi) is 3.46. The second-order valence-corrected chi connectivity index (χ2v) is 1.39. The molecule has 0 aliphatic rings. The monoisotopic (exact) mass is 131 g/mol. The van der Waals surface area contributed by atoms with Crippen LogP contribution >= 0.6 is 0 Å². The van der Waals surface area contributed by atoms with Crippen molar-refractivity contribution in [2.24, 2.45) is 0 Å². The number of amides is 1. The van der Waals surface area contributed by atoms with E-state index in [1.807, 2.05) is 0 Å². The summed E-state index contributed by atoms with van der Waals surface area (Å²) in [6.45, 7) is 3.43. The average molecular weight is 131 g/mol. The number of hydrogen-bond donors (Lipinski definition) is 1. The first-order chi connectivity index (χ1) is 4.18. The number of hydrogen-bond acceptors (Lipinski definition) is 3. The van der Waals surface area contributed by atoms with E-state index in [0.717, 1.165) is 0 Å². The van der Waals surface area contributed by atoms with Gasteiger partial charge in [-0.3, -0.25) is 5.21 Å². The van der Waals surface area contributed by atoms with Crippen molar-refractivity contribution in [2.75, 3.05) is 13.7 Å². The number of nitrogens with zero attached hydrogens (tertiary/aromatic N) is 1. The molecule has 0 saturated carbocycles. The van der Waals surface area contributed by atoms with Crippen LogP contribution in [0.25, 0.3) is 0 Å². The summed E-state index contributed by atoms with van der Waals surface area (Å²) < 4.78 is 4.37. The first-order valence-electron chi connectivity index (χ1n) is 2.38. The molecule has 0 rings (SSSR count). The van der Waals surface area contributed by atoms with Crippen molar-refractivity contribution in [3.63, 3.8) is 0 Å². The maximum atomic E-state index is 10.3. The van der Waals surface area contributed by atoms with Crippen molar-refractivity contribution in [3.8, 4) is 0 Å². The molecule has 0 fully saturated rings. The molecular weight excluding hydrogens is 122 g/mol. The van der Waals surface area contributed by atoms with E-state index in [4.69, 9.17) is 5.21 Å². The van der Waals surface area contributed by atoms with E-state index in [1.165, 1.54) is 13.1 Å². The van der Waals surface area contributed by atoms with E-state index in [-0.39, 0.29) is 6.61 Å². The largest absolute Gasteiger partial charge is 0.444 e. The predicted octanol–water partition coefficient (Wildman–Crippen LogP) is 0.630. The van der Waals surface area contributed by atoms with Gasteiger partial charge in [-0.25, -0.2) is 4.79 Å². The van der Waals surface area contributed by atoms with Crippen molar-refractivity contribution in [2.45, 2.75) is 0 Å². The van der Waals surface area contributed by atoms with Crippen molar-refractivity contribution in [1.82, 2.24) is 5.06 Å². The van der Waals surface area contributed by atoms with Gasteiger partial charge in [-0.15, -0.1) is 0 Å². The number of rotatable bonds is 2. The Labute approximate surface area is 53.3 Å². The summed E-state index contributed by atoms with van der Waals surface area (Å²) >= 11 is 0. The Hall–Kier alpha value is -1.03. The van der Waals surface area contributed by atoms with Crippen LogP contribution in [0.15, 0.2) is 12.7 Å². The highest BCUT2D eigenvalue weighted by atomic mass is 16.6. The summed E-state index contributed by atoms with van der Waals surface area (Å²) in [6, 6.07) is 0. The fourth-order valence-electron chi connectivity index (χ4n) is 0.224. The smallest absolute Gasteiger partial charge is 0.433 e. The molecule has 0 spiro atoms. The average Bonchev–Trinajstić information content (AvgIpc) is 1.82. The van der Waals surface area contributed by atoms with Gasteiger partial charge < -0.3 is 4.74 Å². The summed E-state index contributed by atoms with van der Waals surface area (Å²) in [6.07, 6.45) is 0.636. The Morgan fingerprint density at radius 2 is 2.56 bits per heavy atom. The highest BCUT2D eigenvalue weighted by Gasteiger charge is 2.02. The summed E-state index contributed by atoms with van der Waals surface area (Å²) in [5.74, 6) is 0. The second kappa shape index (κ2) is 3.91. The van der Waals surface area contributed by atoms with Crippen molar-refractivity contribution >= 4 is 6.09 Å². The van der Waals surface area contributed by atoms with Gasteiger partial charge in [0, 0.05) is 7.05 Å². The molecule has 9 heavy (non-hydrogen) atoms. The normalized spacial score (nSPS) is 8.22. The number of carbonyl (C=O) groups excluding carboxylic acids is 1. The first kappa shape index (κ1) is 7.97. The quantitative estimate of drug-likeness (QED) is 0.339. The van der Waals surface area contributed by atoms with Gasteiger partial charge in [0.1, 0.15) is 6.61 Å². The maximum absolute atomic E-state index is 10.3. The number of hydroxylamine groups is 2. The third-order valence-corrected chi connectivity index (χ3v) is 0.589. The fraction of sp³-hybridized carbons (Fsp3) is 0.400. The molecule has 0 bridgehead atoms. The molecular formula is C5H9NO3. The molecule has 4 nitrogen and oxygen atoms in total. The standard InChI is InChI=1S/C5H9NO3/c1-3-4-9-5(7)6(2)8/h3,8H,1,4H2,2H3. The highest BCUT2D eigenvalue weighted by molar-refractivity contribution is 5.65. The predicted molar refractivity (Wildman–Crippen MR) is 31.1 cm³/mol. The molecule has 0 radical (unpaired) electrons. The lowest BCUT2D eigenvalue weighted by Gasteiger charge is -2.06. The van der Waals surface area contributed by atoms with Gasteiger partial charge >= 0.3 is 6.09 Å². The Balaban J connectivity index is 3.38. The van der Waals surface area contributed by atoms with Crippen LogP contribution in [0.3, 0.4) is 0 Å². The van der Waals surface area contributed by atoms with Crippen molar-refractivity contribution in [1.29, 1.82) is 0 Å². The van der Waals surface area contributed by atoms with E-state index in [2.05, 4.69) is 11.3 Å². The molecule has 0 aromatic heterocycles. The third-order valence-electron chi connectivity index (χ3n) is 0.589. The van der Waals surface area contributed by atoms with Crippen LogP contribution in [-0.2, 0) is 4.74 Å². The van der Waals surface area contributed by atoms with Gasteiger partial charge in [0.25, 0.3) is 0 Å². The van der Waals surface area contributed by atoms with Crippen LogP contribution in [-0.4, -0.2) is 30.0 Å². The Bertz CT molecular complexity index is 111. The van der Waals surface area contributed by atoms with Gasteiger partial charge in [-0.05, 0) is 0 Å². The van der Waals surface area contributed by atoms with E-state index < -0.39 is 6.09 Å². The van der Waals surface area contributed by atoms with Crippen LogP contribution in [0.5, 0.6) is 0 Å². The van der Waals surface area contributed by atoms with Crippen LogP contribution < -0.4 is 0 Å². The van der Waals surface area contributed by atoms with Crippen LogP contribution in [0.2, 0.25) is 0 Å². The van der Waals surface area contributed by atoms with E-state index in [9.17, 15) is 4.79 Å². The van der Waals surface area contributed by atoms with Gasteiger partial charge in [0.2, 0.25) is 0 Å². The summed E-state index contributed by atoms with van der Waals surface area (Å²) in [4.78, 5) is 10.3. The zero-order chi connectivity index (χ0) is 7.28. The van der Waals surface area contributed by atoms with Crippen LogP contribution in [0.4, 0.5) is 4.79 Å². The van der Waals surface area contributed by atoms with E-state index >= 15 is 0 Å². The Morgan fingerprint density at radius 3 is 2.89 bits per heavy atom. The minimum atomic E-state index is -0.782. The van der Waals surface area contributed by atoms with E-state index in [1.54, 1.807) is 0 Å². The molecule has 1 amide bonds. The minimum Gasteiger partial charge on any atom is -0.444 e. The highest BCUT2D eigenvalue weighted by Crippen LogP contribution is 1.83. The second-order valence-electron chi connectivity index (χ2n) is 1.39. The van der Waals surface area contributed by atoms with Crippen molar-refractivity contribution in [3.05, 3.63) is 12.7 Å². The molecule has 52 valence electrons. The number of carbonyl (C=O) groups is 1. The minimum absolute atomic E-state index is 0.115. The van der Waals surface area contributed by atoms with Gasteiger partial charge in [0.05, 0.1) is 0 Å². The van der Waals surface area contributed by atoms with E-state index in [0.29, 0.717) is 5.06 Å². The molecule has 0 aliphatic carbocycles. The topological polar surface area (TPSA) is 49.8 Å². The summed E-state index contributed by atoms with van der Waals surface area (Å²) in [7, 11) is 1.19. The lowest BCUT2D eigenvalue weighted by molar-refractivity contribution is -0.0503. The molecule has 0 unspecified atom stereocenters. The zero-order valence-corrected chi connectivity index (χ0v) is 5.20. The maximum Gasteiger partial charge on any atom is 0.433 e. The summed E-state index contributed by atoms with van der Waals surface area (Å²) in [5, 5.41) is 8.74. The fourth-order valence-corrected chi connectivity index (χ4v) is 0.224. The Morgan fingerprint density at radius 1 is 2.00 bits per heavy atom. The van der Waals surface area contributed by atoms with Crippen LogP contribution in [0, 0.1) is 0 Å². The third kappa shape index (κ3) is 3.54. The summed E-state index contributed by atoms with van der Waals surface area (Å²) in [5.41, 5.74) is 0. The molecule has 4 heteroatoms. The molecule has 0 heterocycles. The van der Waals surface area contributed by atoms with Crippen LogP contribution in [0.1, 0.15) is 0 Å². The van der Waals surface area contributed by atoms with Gasteiger partial charge in [-0.2, -0.15) is 5.06 Å².